The van der Waals surface area contributed by atoms with Crippen LogP contribution in [0.3, 0.4) is 0 Å². The molecule has 0 aliphatic heterocycles. The van der Waals surface area contributed by atoms with Gasteiger partial charge in [0.1, 0.15) is 0 Å². The summed E-state index contributed by atoms with van der Waals surface area (Å²) in [5.74, 6) is 6.60. The molecular formula is C20H34. The van der Waals surface area contributed by atoms with Crippen LogP contribution in [0.5, 0.6) is 0 Å². The topological polar surface area (TPSA) is 0 Å². The molecule has 114 valence electrons. The molecule has 2 saturated carbocycles. The van der Waals surface area contributed by atoms with Gasteiger partial charge in [-0.25, -0.2) is 0 Å². The van der Waals surface area contributed by atoms with Crippen LogP contribution in [0.4, 0.5) is 0 Å². The van der Waals surface area contributed by atoms with Crippen molar-refractivity contribution in [1.29, 1.82) is 0 Å². The lowest BCUT2D eigenvalue weighted by Gasteiger charge is -2.12. The van der Waals surface area contributed by atoms with Crippen LogP contribution in [-0.2, 0) is 0 Å². The Labute approximate surface area is 127 Å². The molecule has 2 aliphatic rings. The lowest BCUT2D eigenvalue weighted by Crippen LogP contribution is -2.00. The Hall–Kier alpha value is -0.700. The summed E-state index contributed by atoms with van der Waals surface area (Å²) in [6, 6.07) is 0. The van der Waals surface area contributed by atoms with Gasteiger partial charge in [-0.1, -0.05) is 51.7 Å². The Morgan fingerprint density at radius 1 is 0.850 bits per heavy atom. The molecule has 0 aromatic carbocycles. The van der Waals surface area contributed by atoms with E-state index in [1.165, 1.54) is 25.7 Å². The average molecular weight is 274 g/mol. The minimum atomic E-state index is 0.186. The van der Waals surface area contributed by atoms with Crippen LogP contribution in [0.15, 0.2) is 12.2 Å². The summed E-state index contributed by atoms with van der Waals surface area (Å²) in [7, 11) is 0. The first-order chi connectivity index (χ1) is 8.83. The molecule has 0 heterocycles. The van der Waals surface area contributed by atoms with E-state index in [2.05, 4.69) is 79.4 Å². The van der Waals surface area contributed by atoms with E-state index in [0.717, 1.165) is 0 Å². The van der Waals surface area contributed by atoms with Crippen LogP contribution in [-0.4, -0.2) is 0 Å². The van der Waals surface area contributed by atoms with Crippen molar-refractivity contribution in [3.8, 4) is 11.8 Å². The molecule has 0 N–H and O–H groups in total. The second-order valence-corrected chi connectivity index (χ2v) is 9.41. The molecule has 0 unspecified atom stereocenters. The maximum absolute atomic E-state index is 3.32. The lowest BCUT2D eigenvalue weighted by molar-refractivity contribution is 0.535. The predicted octanol–water partition coefficient (Wildman–Crippen LogP) is 6.22. The number of allylic oxidation sites excluding steroid dienone is 2. The van der Waals surface area contributed by atoms with Gasteiger partial charge in [0, 0.05) is 10.8 Å². The number of hydrogen-bond donors (Lipinski definition) is 0. The SMILES string of the molecule is CC(C)(C)/C=C/C1(C)CC1.CC(C)(C)C#CC1(C)CC1. The van der Waals surface area contributed by atoms with Gasteiger partial charge >= 0.3 is 0 Å². The fourth-order valence-corrected chi connectivity index (χ4v) is 1.47. The highest BCUT2D eigenvalue weighted by Gasteiger charge is 2.35. The van der Waals surface area contributed by atoms with E-state index in [1.807, 2.05) is 0 Å². The van der Waals surface area contributed by atoms with E-state index in [1.54, 1.807) is 0 Å². The largest absolute Gasteiger partial charge is 0.0968 e. The fourth-order valence-electron chi connectivity index (χ4n) is 1.47. The van der Waals surface area contributed by atoms with Gasteiger partial charge in [0.2, 0.25) is 0 Å². The third-order valence-corrected chi connectivity index (χ3v) is 3.76. The van der Waals surface area contributed by atoms with Crippen LogP contribution < -0.4 is 0 Å². The number of rotatable bonds is 1. The first kappa shape index (κ1) is 17.4. The van der Waals surface area contributed by atoms with Crippen molar-refractivity contribution in [2.24, 2.45) is 21.7 Å². The Bertz CT molecular complexity index is 387. The van der Waals surface area contributed by atoms with Crippen LogP contribution in [0.2, 0.25) is 0 Å². The molecule has 2 rings (SSSR count). The first-order valence-electron chi connectivity index (χ1n) is 8.07. The van der Waals surface area contributed by atoms with Crippen LogP contribution in [0.1, 0.15) is 81.1 Å². The summed E-state index contributed by atoms with van der Waals surface area (Å²) in [6.07, 6.45) is 10.1. The molecule has 2 fully saturated rings. The minimum absolute atomic E-state index is 0.186. The molecule has 2 aliphatic carbocycles. The van der Waals surface area contributed by atoms with Gasteiger partial charge in [-0.15, -0.1) is 0 Å². The van der Waals surface area contributed by atoms with Gasteiger partial charge < -0.3 is 0 Å². The molecule has 0 heteroatoms. The molecule has 0 saturated heterocycles. The van der Waals surface area contributed by atoms with Gasteiger partial charge in [0.25, 0.3) is 0 Å². The summed E-state index contributed by atoms with van der Waals surface area (Å²) >= 11 is 0. The molecule has 0 amide bonds. The highest BCUT2D eigenvalue weighted by atomic mass is 14.4. The van der Waals surface area contributed by atoms with E-state index in [4.69, 9.17) is 0 Å². The monoisotopic (exact) mass is 274 g/mol. The van der Waals surface area contributed by atoms with E-state index in [0.29, 0.717) is 16.2 Å². The maximum Gasteiger partial charge on any atom is 0.0287 e. The smallest absolute Gasteiger partial charge is 0.0287 e. The van der Waals surface area contributed by atoms with Crippen LogP contribution in [0, 0.1) is 33.5 Å². The summed E-state index contributed by atoms with van der Waals surface area (Å²) in [5.41, 5.74) is 1.53. The molecule has 0 bridgehead atoms. The molecule has 0 nitrogen and oxygen atoms in total. The zero-order chi connectivity index (χ0) is 15.7. The molecule has 0 spiro atoms. The van der Waals surface area contributed by atoms with Crippen LogP contribution in [0.25, 0.3) is 0 Å². The van der Waals surface area contributed by atoms with Crippen molar-refractivity contribution in [3.63, 3.8) is 0 Å². The van der Waals surface area contributed by atoms with E-state index >= 15 is 0 Å². The second kappa shape index (κ2) is 5.59. The maximum atomic E-state index is 3.32. The Balaban J connectivity index is 0.000000200. The normalized spacial score (nSPS) is 22.4. The first-order valence-corrected chi connectivity index (χ1v) is 8.07. The van der Waals surface area contributed by atoms with Gasteiger partial charge in [-0.3, -0.25) is 0 Å². The van der Waals surface area contributed by atoms with Crippen molar-refractivity contribution >= 4 is 0 Å². The Kier molecular flexibility index (Phi) is 4.85. The standard InChI is InChI=1S/C10H18.C10H16/c2*1-9(2,3)5-6-10(4)7-8-10/h5-6H,7-8H2,1-4H3;7-8H2,1-4H3/b6-5+;. The van der Waals surface area contributed by atoms with Crippen molar-refractivity contribution < 1.29 is 0 Å². The quantitative estimate of drug-likeness (QED) is 0.393. The Morgan fingerprint density at radius 3 is 1.65 bits per heavy atom. The molecule has 20 heavy (non-hydrogen) atoms. The summed E-state index contributed by atoms with van der Waals surface area (Å²) in [5, 5.41) is 0. The highest BCUT2D eigenvalue weighted by molar-refractivity contribution is 5.20. The molecule has 0 aromatic heterocycles. The average Bonchev–Trinajstić information content (AvgIpc) is 3.15. The molecular weight excluding hydrogens is 240 g/mol. The van der Waals surface area contributed by atoms with Gasteiger partial charge in [0.15, 0.2) is 0 Å². The Morgan fingerprint density at radius 2 is 1.35 bits per heavy atom. The predicted molar refractivity (Wildman–Crippen MR) is 90.5 cm³/mol. The minimum Gasteiger partial charge on any atom is -0.0968 e. The van der Waals surface area contributed by atoms with Crippen molar-refractivity contribution in [3.05, 3.63) is 12.2 Å². The van der Waals surface area contributed by atoms with Crippen molar-refractivity contribution in [2.45, 2.75) is 81.1 Å². The lowest BCUT2D eigenvalue weighted by atomic mass is 9.94. The molecule has 0 radical (unpaired) electrons. The van der Waals surface area contributed by atoms with E-state index in [-0.39, 0.29) is 5.41 Å². The van der Waals surface area contributed by atoms with Gasteiger partial charge in [0.05, 0.1) is 0 Å². The highest BCUT2D eigenvalue weighted by Crippen LogP contribution is 2.47. The molecule has 0 aromatic rings. The van der Waals surface area contributed by atoms with Gasteiger partial charge in [-0.2, -0.15) is 0 Å². The summed E-state index contributed by atoms with van der Waals surface area (Å²) in [6.45, 7) is 17.8. The van der Waals surface area contributed by atoms with Gasteiger partial charge in [-0.05, 0) is 64.2 Å². The van der Waals surface area contributed by atoms with Crippen LogP contribution >= 0.6 is 0 Å². The fraction of sp³-hybridized carbons (Fsp3) is 0.800. The van der Waals surface area contributed by atoms with Crippen molar-refractivity contribution in [1.82, 2.24) is 0 Å². The van der Waals surface area contributed by atoms with E-state index < -0.39 is 0 Å². The molecule has 0 atom stereocenters. The van der Waals surface area contributed by atoms with Crippen molar-refractivity contribution in [2.75, 3.05) is 0 Å². The second-order valence-electron chi connectivity index (χ2n) is 9.41. The summed E-state index contributed by atoms with van der Waals surface area (Å²) < 4.78 is 0. The third-order valence-electron chi connectivity index (χ3n) is 3.76. The number of hydrogen-bond acceptors (Lipinski definition) is 0. The zero-order valence-electron chi connectivity index (χ0n) is 15.0. The van der Waals surface area contributed by atoms with E-state index in [9.17, 15) is 0 Å². The third kappa shape index (κ3) is 8.47. The summed E-state index contributed by atoms with van der Waals surface area (Å²) in [4.78, 5) is 0. The zero-order valence-corrected chi connectivity index (χ0v) is 15.0.